The molecule has 0 spiro atoms. The second-order valence-electron chi connectivity index (χ2n) is 5.10. The van der Waals surface area contributed by atoms with E-state index in [1.54, 1.807) is 23.0 Å². The highest BCUT2D eigenvalue weighted by atomic mass is 19.3. The maximum Gasteiger partial charge on any atom is 0.252 e. The first-order valence-electron chi connectivity index (χ1n) is 6.50. The molecule has 106 valence electrons. The highest BCUT2D eigenvalue weighted by molar-refractivity contribution is 5.95. The number of anilines is 1. The predicted molar refractivity (Wildman–Crippen MR) is 68.5 cm³/mol. The average molecular weight is 280 g/mol. The Labute approximate surface area is 114 Å². The summed E-state index contributed by atoms with van der Waals surface area (Å²) in [6.07, 6.45) is 5.44. The molecule has 2 aromatic rings. The van der Waals surface area contributed by atoms with Gasteiger partial charge in [-0.05, 0) is 12.8 Å². The van der Waals surface area contributed by atoms with E-state index in [1.807, 2.05) is 0 Å². The largest absolute Gasteiger partial charge is 0.323 e. The van der Waals surface area contributed by atoms with Gasteiger partial charge in [-0.25, -0.2) is 18.7 Å². The Kier molecular flexibility index (Phi) is 3.11. The number of fused-ring (bicyclic) bond motifs is 1. The summed E-state index contributed by atoms with van der Waals surface area (Å²) in [5, 5.41) is 2.56. The normalized spacial score (nSPS) is 17.8. The van der Waals surface area contributed by atoms with E-state index in [1.165, 1.54) is 6.20 Å². The van der Waals surface area contributed by atoms with Gasteiger partial charge in [0.1, 0.15) is 5.41 Å². The van der Waals surface area contributed by atoms with E-state index in [2.05, 4.69) is 15.3 Å². The molecule has 2 heterocycles. The van der Waals surface area contributed by atoms with Gasteiger partial charge < -0.3 is 5.32 Å². The Morgan fingerprint density at radius 2 is 2.10 bits per heavy atom. The fourth-order valence-electron chi connectivity index (χ4n) is 2.69. The van der Waals surface area contributed by atoms with Crippen molar-refractivity contribution in [3.63, 3.8) is 0 Å². The molecule has 1 saturated carbocycles. The molecule has 1 fully saturated rings. The molecule has 5 nitrogen and oxygen atoms in total. The number of nitrogens with zero attached hydrogens (tertiary/aromatic N) is 3. The number of amides is 1. The molecular formula is C13H14F2N4O. The van der Waals surface area contributed by atoms with Crippen molar-refractivity contribution in [3.8, 4) is 0 Å². The van der Waals surface area contributed by atoms with Gasteiger partial charge in [0.25, 0.3) is 6.43 Å². The molecule has 7 heteroatoms. The highest BCUT2D eigenvalue weighted by Gasteiger charge is 2.49. The fourth-order valence-corrected chi connectivity index (χ4v) is 2.69. The van der Waals surface area contributed by atoms with Gasteiger partial charge in [0.05, 0.1) is 11.9 Å². The minimum atomic E-state index is -2.64. The summed E-state index contributed by atoms with van der Waals surface area (Å²) in [6, 6.07) is 0. The zero-order chi connectivity index (χ0) is 14.2. The molecule has 20 heavy (non-hydrogen) atoms. The van der Waals surface area contributed by atoms with Crippen molar-refractivity contribution in [1.82, 2.24) is 14.4 Å². The molecule has 3 rings (SSSR count). The number of halogens is 2. The molecular weight excluding hydrogens is 266 g/mol. The molecule has 0 atom stereocenters. The SMILES string of the molecule is O=C(Nc1cnc2nccn2c1)C1(C(F)F)CCCC1. The van der Waals surface area contributed by atoms with Crippen molar-refractivity contribution in [2.45, 2.75) is 32.1 Å². The van der Waals surface area contributed by atoms with Crippen molar-refractivity contribution in [2.75, 3.05) is 5.32 Å². The van der Waals surface area contributed by atoms with Gasteiger partial charge in [-0.15, -0.1) is 0 Å². The first-order chi connectivity index (χ1) is 9.62. The number of rotatable bonds is 3. The second kappa shape index (κ2) is 4.81. The number of carbonyl (C=O) groups excluding carboxylic acids is 1. The van der Waals surface area contributed by atoms with Crippen LogP contribution in [0, 0.1) is 5.41 Å². The Hall–Kier alpha value is -2.05. The maximum atomic E-state index is 13.3. The minimum Gasteiger partial charge on any atom is -0.323 e. The number of nitrogens with one attached hydrogen (secondary N) is 1. The predicted octanol–water partition coefficient (Wildman–Crippen LogP) is 2.49. The fraction of sp³-hybridized carbons (Fsp3) is 0.462. The molecule has 1 N–H and O–H groups in total. The van der Waals surface area contributed by atoms with Crippen LogP contribution in [0.5, 0.6) is 0 Å². The molecule has 0 saturated heterocycles. The lowest BCUT2D eigenvalue weighted by atomic mass is 9.85. The molecule has 0 unspecified atom stereocenters. The quantitative estimate of drug-likeness (QED) is 0.939. The monoisotopic (exact) mass is 280 g/mol. The van der Waals surface area contributed by atoms with Crippen molar-refractivity contribution >= 4 is 17.4 Å². The van der Waals surface area contributed by atoms with Crippen LogP contribution in [0.25, 0.3) is 5.78 Å². The van der Waals surface area contributed by atoms with E-state index in [0.717, 1.165) is 0 Å². The van der Waals surface area contributed by atoms with E-state index in [0.29, 0.717) is 24.3 Å². The Bertz CT molecular complexity index is 634. The maximum absolute atomic E-state index is 13.3. The topological polar surface area (TPSA) is 59.3 Å². The number of alkyl halides is 2. The first kappa shape index (κ1) is 13.0. The summed E-state index contributed by atoms with van der Waals surface area (Å²) in [4.78, 5) is 20.2. The van der Waals surface area contributed by atoms with Gasteiger partial charge in [-0.3, -0.25) is 9.20 Å². The Morgan fingerprint density at radius 1 is 1.35 bits per heavy atom. The summed E-state index contributed by atoms with van der Waals surface area (Å²) >= 11 is 0. The molecule has 0 bridgehead atoms. The van der Waals surface area contributed by atoms with Crippen LogP contribution in [-0.2, 0) is 4.79 Å². The standard InChI is InChI=1S/C13H14F2N4O/c14-10(15)13(3-1-2-4-13)11(20)18-9-7-17-12-16-5-6-19(12)8-9/h5-8,10H,1-4H2,(H,18,20). The lowest BCUT2D eigenvalue weighted by molar-refractivity contribution is -0.134. The molecule has 0 aromatic carbocycles. The van der Waals surface area contributed by atoms with Crippen molar-refractivity contribution in [3.05, 3.63) is 24.8 Å². The van der Waals surface area contributed by atoms with Gasteiger partial charge in [0.2, 0.25) is 11.7 Å². The highest BCUT2D eigenvalue weighted by Crippen LogP contribution is 2.44. The Morgan fingerprint density at radius 3 is 2.80 bits per heavy atom. The van der Waals surface area contributed by atoms with E-state index in [-0.39, 0.29) is 12.8 Å². The van der Waals surface area contributed by atoms with Crippen LogP contribution in [0.1, 0.15) is 25.7 Å². The molecule has 0 aliphatic heterocycles. The smallest absolute Gasteiger partial charge is 0.252 e. The minimum absolute atomic E-state index is 0.233. The zero-order valence-corrected chi connectivity index (χ0v) is 10.7. The molecule has 1 aliphatic rings. The van der Waals surface area contributed by atoms with Gasteiger partial charge in [-0.2, -0.15) is 0 Å². The number of carbonyl (C=O) groups is 1. The van der Waals surface area contributed by atoms with Gasteiger partial charge in [0, 0.05) is 18.6 Å². The summed E-state index contributed by atoms with van der Waals surface area (Å²) in [5.41, 5.74) is -1.16. The summed E-state index contributed by atoms with van der Waals surface area (Å²) < 4.78 is 28.1. The van der Waals surface area contributed by atoms with Gasteiger partial charge in [-0.1, -0.05) is 12.8 Å². The number of hydrogen-bond donors (Lipinski definition) is 1. The summed E-state index contributed by atoms with van der Waals surface area (Å²) in [6.45, 7) is 0. The lowest BCUT2D eigenvalue weighted by Gasteiger charge is -2.26. The van der Waals surface area contributed by atoms with Gasteiger partial charge >= 0.3 is 0 Å². The zero-order valence-electron chi connectivity index (χ0n) is 10.7. The van der Waals surface area contributed by atoms with Crippen molar-refractivity contribution in [1.29, 1.82) is 0 Å². The Balaban J connectivity index is 1.84. The van der Waals surface area contributed by atoms with Crippen LogP contribution < -0.4 is 5.32 Å². The van der Waals surface area contributed by atoms with E-state index < -0.39 is 17.7 Å². The van der Waals surface area contributed by atoms with Crippen LogP contribution >= 0.6 is 0 Å². The number of hydrogen-bond acceptors (Lipinski definition) is 3. The van der Waals surface area contributed by atoms with Crippen molar-refractivity contribution in [2.24, 2.45) is 5.41 Å². The number of imidazole rings is 1. The third-order valence-electron chi connectivity index (χ3n) is 3.87. The van der Waals surface area contributed by atoms with Gasteiger partial charge in [0.15, 0.2) is 0 Å². The van der Waals surface area contributed by atoms with Crippen LogP contribution in [0.4, 0.5) is 14.5 Å². The van der Waals surface area contributed by atoms with E-state index >= 15 is 0 Å². The molecule has 1 aliphatic carbocycles. The third kappa shape index (κ3) is 2.03. The first-order valence-corrected chi connectivity index (χ1v) is 6.50. The second-order valence-corrected chi connectivity index (χ2v) is 5.10. The van der Waals surface area contributed by atoms with Crippen LogP contribution in [0.2, 0.25) is 0 Å². The van der Waals surface area contributed by atoms with Crippen LogP contribution in [0.15, 0.2) is 24.8 Å². The molecule has 0 radical (unpaired) electrons. The van der Waals surface area contributed by atoms with Crippen LogP contribution in [-0.4, -0.2) is 26.7 Å². The van der Waals surface area contributed by atoms with E-state index in [4.69, 9.17) is 0 Å². The average Bonchev–Trinajstić information content (AvgIpc) is 3.07. The van der Waals surface area contributed by atoms with E-state index in [9.17, 15) is 13.6 Å². The van der Waals surface area contributed by atoms with Crippen molar-refractivity contribution < 1.29 is 13.6 Å². The third-order valence-corrected chi connectivity index (χ3v) is 3.87. The summed E-state index contributed by atoms with van der Waals surface area (Å²) in [5.74, 6) is -0.126. The summed E-state index contributed by atoms with van der Waals surface area (Å²) in [7, 11) is 0. The van der Waals surface area contributed by atoms with Crippen LogP contribution in [0.3, 0.4) is 0 Å². The lowest BCUT2D eigenvalue weighted by Crippen LogP contribution is -2.40. The molecule has 2 aromatic heterocycles. The molecule has 1 amide bonds. The number of aromatic nitrogens is 3.